The van der Waals surface area contributed by atoms with Gasteiger partial charge in [0.05, 0.1) is 24.3 Å². The van der Waals surface area contributed by atoms with E-state index in [1.165, 1.54) is 60.6 Å². The third-order valence-electron chi connectivity index (χ3n) is 22.1. The van der Waals surface area contributed by atoms with Gasteiger partial charge in [0.2, 0.25) is 0 Å². The fourth-order valence-electron chi connectivity index (χ4n) is 14.9. The van der Waals surface area contributed by atoms with E-state index in [-0.39, 0.29) is 51.7 Å². The molecule has 0 amide bonds. The number of hydrogen-bond acceptors (Lipinski definition) is 15. The molecule has 16 aromatic rings. The molecule has 0 unspecified atom stereocenters. The molecule has 16 aromatic carbocycles. The molecule has 0 aliphatic carbocycles. The second kappa shape index (κ2) is 59.0. The first-order valence-corrected chi connectivity index (χ1v) is 48.7. The number of rotatable bonds is 33. The largest absolute Gasteiger partial charge is 0.508 e. The van der Waals surface area contributed by atoms with Crippen molar-refractivity contribution < 1.29 is 90.7 Å². The molecule has 0 fully saturated rings. The molecule has 0 aliphatic rings. The Bertz CT molecular complexity index is 7040. The Morgan fingerprint density at radius 1 is 0.314 bits per heavy atom. The van der Waals surface area contributed by atoms with Crippen LogP contribution in [0.3, 0.4) is 0 Å². The number of unbranched alkanes of at least 4 members (excludes halogenated alkanes) is 12. The molecule has 0 spiro atoms. The maximum Gasteiger partial charge on any atom is 0.488 e. The van der Waals surface area contributed by atoms with Crippen LogP contribution in [-0.2, 0) is 13.2 Å². The van der Waals surface area contributed by atoms with Crippen molar-refractivity contribution in [2.24, 2.45) is 0 Å². The van der Waals surface area contributed by atoms with Gasteiger partial charge < -0.3 is 64.0 Å². The first kappa shape index (κ1) is 107. The third kappa shape index (κ3) is 36.0. The van der Waals surface area contributed by atoms with Crippen LogP contribution in [0, 0.1) is 72.4 Å². The van der Waals surface area contributed by atoms with Crippen molar-refractivity contribution in [3.63, 3.8) is 0 Å². The molecule has 16 rings (SSSR count). The van der Waals surface area contributed by atoms with E-state index in [1.54, 1.807) is 78.9 Å². The van der Waals surface area contributed by atoms with Gasteiger partial charge in [-0.3, -0.25) is 9.59 Å². The van der Waals surface area contributed by atoms with Crippen molar-refractivity contribution in [3.05, 3.63) is 335 Å². The van der Waals surface area contributed by atoms with E-state index in [0.717, 1.165) is 168 Å². The van der Waals surface area contributed by atoms with Gasteiger partial charge in [-0.15, -0.1) is 12.8 Å². The molecule has 734 valence electrons. The normalized spacial score (nSPS) is 10.2. The number of phenolic OH excluding ortho intramolecular Hbond substituents is 5. The molecule has 0 saturated heterocycles. The number of hydrogen-bond donors (Lipinski definition) is 7. The topological polar surface area (TPSA) is 231 Å². The zero-order chi connectivity index (χ0) is 99.4. The van der Waals surface area contributed by atoms with Gasteiger partial charge in [-0.2, -0.15) is 0 Å². The number of carbonyl (C=O) groups is 2. The van der Waals surface area contributed by atoms with Crippen LogP contribution in [0.15, 0.2) is 312 Å². The minimum Gasteiger partial charge on any atom is -0.508 e. The molecule has 0 atom stereocenters. The second-order valence-electron chi connectivity index (χ2n) is 32.8. The van der Waals surface area contributed by atoms with Crippen LogP contribution >= 0.6 is 31.9 Å². The zero-order valence-electron chi connectivity index (χ0n) is 79.3. The highest BCUT2D eigenvalue weighted by Crippen LogP contribution is 2.36. The van der Waals surface area contributed by atoms with Gasteiger partial charge in [0.1, 0.15) is 88.7 Å². The van der Waals surface area contributed by atoms with Crippen molar-refractivity contribution in [3.8, 4) is 136 Å². The van der Waals surface area contributed by atoms with Crippen LogP contribution in [0.4, 0.5) is 0 Å². The van der Waals surface area contributed by atoms with E-state index in [9.17, 15) is 35.0 Å². The number of ether oxygens (including phenoxy) is 6. The summed E-state index contributed by atoms with van der Waals surface area (Å²) in [6.07, 6.45) is 33.8. The molecule has 0 aromatic heterocycles. The van der Waals surface area contributed by atoms with Crippen molar-refractivity contribution in [2.45, 2.75) is 156 Å². The fourth-order valence-corrected chi connectivity index (χ4v) is 15.6. The van der Waals surface area contributed by atoms with Gasteiger partial charge in [-0.05, 0) is 299 Å². The quantitative estimate of drug-likeness (QED) is 0.00878. The number of Topliss-reactive ketones (excluding diaryl/α,β-unsaturated/α-hetero) is 2. The lowest BCUT2D eigenvalue weighted by atomic mass is 9.79. The van der Waals surface area contributed by atoms with E-state index in [1.807, 2.05) is 176 Å². The van der Waals surface area contributed by atoms with Crippen molar-refractivity contribution in [2.75, 3.05) is 13.2 Å². The van der Waals surface area contributed by atoms with Gasteiger partial charge in [0, 0.05) is 62.6 Å². The lowest BCUT2D eigenvalue weighted by Gasteiger charge is -2.14. The van der Waals surface area contributed by atoms with Crippen LogP contribution in [0.25, 0.3) is 75.4 Å². The Balaban J connectivity index is -0.00000171. The van der Waals surface area contributed by atoms with Gasteiger partial charge in [0.15, 0.2) is 11.6 Å². The van der Waals surface area contributed by atoms with Crippen molar-refractivity contribution in [1.82, 2.24) is 0 Å². The second-order valence-corrected chi connectivity index (χ2v) is 34.7. The average Bonchev–Trinajstić information content (AvgIpc) is 0.784. The summed E-state index contributed by atoms with van der Waals surface area (Å²) in [4.78, 5) is 25.5. The van der Waals surface area contributed by atoms with E-state index in [0.29, 0.717) is 77.6 Å². The molecule has 0 aliphatic heterocycles. The van der Waals surface area contributed by atoms with Gasteiger partial charge in [-0.25, -0.2) is 0 Å². The Hall–Kier alpha value is -15.2. The third-order valence-corrected chi connectivity index (χ3v) is 23.1. The van der Waals surface area contributed by atoms with Crippen LogP contribution in [0.1, 0.15) is 192 Å². The maximum absolute atomic E-state index is 13.2. The number of phenols is 5. The van der Waals surface area contributed by atoms with Crippen LogP contribution < -0.4 is 33.9 Å². The fraction of sp³-hybridized carbons (Fsp3) is 0.213. The predicted molar refractivity (Wildman–Crippen MR) is 604 cm³/mol. The number of halogens is 2. The number of terminal acetylenes is 2. The number of fused-ring (bicyclic) bond motifs is 7. The summed E-state index contributed by atoms with van der Waals surface area (Å²) in [6.45, 7) is 11.2. The number of ketones is 2. The molecule has 0 heterocycles. The average molecular weight is 2020 g/mol. The summed E-state index contributed by atoms with van der Waals surface area (Å²) < 4.78 is 36.4. The molecule has 140 heavy (non-hydrogen) atoms. The molecule has 15 nitrogen and oxygen atoms in total. The SMILES string of the molecule is Brc1ccc2cc(OCc3ccccc3)ccc2c1.C#CC#CC#COc1ccc2c(C(=O)CCCCCC)c(OCCCCCC)ccc2c1.C#CC#CC#COc1ccc2cc(OCCCCCC)ccc2c1.CCCCCCC(=O)c1c(O)ccc2cc(O)ccc12.OB(O)c1ccc2cc(OCc3ccccc3)ccc2c1.Oc1ccc2cc(Br)ccc2c1.Oc1ccc2cc(O)ccc2c1.[HH].[HH].[HH].[HH].[HH].[HH].[HH].[HH].[HH].[HH].[HH].[HH]. The number of carbonyl (C=O) groups excluding carboxylic acids is 2. The van der Waals surface area contributed by atoms with Gasteiger partial charge in [0.25, 0.3) is 0 Å². The minimum absolute atomic E-state index is 0. The van der Waals surface area contributed by atoms with E-state index in [4.69, 9.17) is 51.5 Å². The Morgan fingerprint density at radius 2 is 0.650 bits per heavy atom. The molecule has 7 N–H and O–H groups in total. The lowest BCUT2D eigenvalue weighted by Crippen LogP contribution is -2.29. The highest BCUT2D eigenvalue weighted by atomic mass is 79.9. The minimum atomic E-state index is -1.44. The zero-order valence-corrected chi connectivity index (χ0v) is 82.5. The first-order valence-electron chi connectivity index (χ1n) is 47.1. The monoisotopic (exact) mass is 2010 g/mol. The lowest BCUT2D eigenvalue weighted by molar-refractivity contribution is 0.0969. The summed E-state index contributed by atoms with van der Waals surface area (Å²) in [5.74, 6) is 24.9. The standard InChI is InChI=1S/C29H32O3.C22H20O2.C17H15BO3.C17H13BrO.C17H20O3.C10H7BrO.C10H8O2.12H2/c1-4-7-10-13-16-27(30)29-26-19-18-25(31-21-14-11-8-5-2)23-24(26)17-20-28(29)32-22-15-12-9-6-3;1-3-5-7-9-15-23-21-13-11-20-18-22(14-12-19(20)17-21)24-16-10-8-6-4-2;19-18(20)16-8-6-15-11-17(9-7-14(15)10-16)21-12-13-4-2-1-3-5-13;18-16-8-6-15-11-17(9-7-14(15)10-16)19-12-13-4-2-1-3-5-13;1-2-3-4-5-6-15(19)17-14-9-8-13(18)11-12(14)7-10-16(17)20;11-9-3-1-8-6-10(12)4-2-7(8)5-9;11-9-3-1-7-5-10(12)4-2-8(7)6-9;;;;;;;;;;;;/h2,17-20,23H,4,6-7,9-10,12-13,15-16,22H2,1,3H3;1,11-14,17-18H,4,6,8,10,16H2,2H3;1-11,19-20H,12H2;1-11H,12H2;7-11,18,20H,2-6H2,1H3;1-6,12H;1-6,11-12H;12*1H. The summed E-state index contributed by atoms with van der Waals surface area (Å²) in [6, 6.07) is 94.4. The Kier molecular flexibility index (Phi) is 45.1. The van der Waals surface area contributed by atoms with E-state index < -0.39 is 7.12 Å². The van der Waals surface area contributed by atoms with E-state index in [2.05, 4.69) is 156 Å². The van der Waals surface area contributed by atoms with Gasteiger partial charge >= 0.3 is 7.12 Å². The molecular formula is C122H139BBr2O15. The van der Waals surface area contributed by atoms with Crippen molar-refractivity contribution >= 4 is 131 Å². The van der Waals surface area contributed by atoms with Crippen LogP contribution in [-0.4, -0.2) is 67.5 Å². The van der Waals surface area contributed by atoms with Crippen molar-refractivity contribution in [1.29, 1.82) is 0 Å². The molecule has 0 bridgehead atoms. The first-order chi connectivity index (χ1) is 68.2. The predicted octanol–water partition coefficient (Wildman–Crippen LogP) is 31.9. The van der Waals surface area contributed by atoms with Gasteiger partial charge in [-0.1, -0.05) is 282 Å². The molecular weight excluding hydrogens is 1880 g/mol. The van der Waals surface area contributed by atoms with Crippen LogP contribution in [0.5, 0.6) is 63.2 Å². The highest BCUT2D eigenvalue weighted by Gasteiger charge is 2.20. The maximum atomic E-state index is 13.2. The van der Waals surface area contributed by atoms with Crippen LogP contribution in [0.2, 0.25) is 0 Å². The molecule has 0 saturated carbocycles. The Labute approximate surface area is 856 Å². The smallest absolute Gasteiger partial charge is 0.488 e. The summed E-state index contributed by atoms with van der Waals surface area (Å²) in [5.41, 5.74) is 3.83. The number of aromatic hydroxyl groups is 5. The highest BCUT2D eigenvalue weighted by molar-refractivity contribution is 9.10. The molecule has 18 heteroatoms. The summed E-state index contributed by atoms with van der Waals surface area (Å²) in [5, 5.41) is 79.1. The Morgan fingerprint density at radius 3 is 1.11 bits per heavy atom. The van der Waals surface area contributed by atoms with E-state index >= 15 is 0 Å². The summed E-state index contributed by atoms with van der Waals surface area (Å²) >= 11 is 6.87. The number of benzene rings is 16. The molecule has 0 radical (unpaired) electrons. The summed E-state index contributed by atoms with van der Waals surface area (Å²) in [7, 11) is -1.44.